The van der Waals surface area contributed by atoms with Crippen LogP contribution >= 0.6 is 15.9 Å². The van der Waals surface area contributed by atoms with E-state index in [9.17, 15) is 10.1 Å². The summed E-state index contributed by atoms with van der Waals surface area (Å²) in [4.78, 5) is 10.5. The van der Waals surface area contributed by atoms with Gasteiger partial charge in [-0.15, -0.1) is 0 Å². The maximum Gasteiger partial charge on any atom is 0.269 e. The molecule has 1 N–H and O–H groups in total. The van der Waals surface area contributed by atoms with Gasteiger partial charge >= 0.3 is 0 Å². The van der Waals surface area contributed by atoms with Gasteiger partial charge in [0.05, 0.1) is 11.0 Å². The van der Waals surface area contributed by atoms with Crippen LogP contribution in [0.15, 0.2) is 59.1 Å². The van der Waals surface area contributed by atoms with Crippen LogP contribution in [0, 0.1) is 16.0 Å². The van der Waals surface area contributed by atoms with Gasteiger partial charge in [-0.1, -0.05) is 46.3 Å². The van der Waals surface area contributed by atoms with Crippen molar-refractivity contribution in [2.75, 3.05) is 5.32 Å². The van der Waals surface area contributed by atoms with E-state index in [0.29, 0.717) is 11.8 Å². The average molecular weight is 371 g/mol. The molecule has 0 bridgehead atoms. The Labute approximate surface area is 142 Å². The highest BCUT2D eigenvalue weighted by Gasteiger charge is 2.37. The lowest BCUT2D eigenvalue weighted by Crippen LogP contribution is -2.29. The summed E-state index contributed by atoms with van der Waals surface area (Å²) in [5.74, 6) is 0.852. The fourth-order valence-corrected chi connectivity index (χ4v) is 4.06. The Morgan fingerprint density at radius 1 is 1.17 bits per heavy atom. The summed E-state index contributed by atoms with van der Waals surface area (Å²) in [5.41, 5.74) is 3.69. The van der Waals surface area contributed by atoms with Gasteiger partial charge in [-0.25, -0.2) is 0 Å². The fraction of sp³-hybridized carbons (Fsp3) is 0.222. The number of nitrogens with zero attached hydrogens (tertiary/aromatic N) is 1. The molecule has 0 amide bonds. The number of hydrogen-bond acceptors (Lipinski definition) is 3. The summed E-state index contributed by atoms with van der Waals surface area (Å²) in [5, 5.41) is 14.5. The molecule has 0 fully saturated rings. The summed E-state index contributed by atoms with van der Waals surface area (Å²) in [7, 11) is 0. The Morgan fingerprint density at radius 3 is 2.70 bits per heavy atom. The number of halogens is 1. The van der Waals surface area contributed by atoms with Gasteiger partial charge in [0.15, 0.2) is 0 Å². The van der Waals surface area contributed by atoms with Gasteiger partial charge in [-0.2, -0.15) is 0 Å². The van der Waals surface area contributed by atoms with Crippen LogP contribution in [0.2, 0.25) is 0 Å². The topological polar surface area (TPSA) is 55.2 Å². The Hall–Kier alpha value is -2.14. The summed E-state index contributed by atoms with van der Waals surface area (Å²) < 4.78 is 1.05. The number of non-ortho nitro benzene ring substituents is 1. The SMILES string of the molecule is O=[N+]([O-])c1ccc([C@@H]2Nc3cc(Br)ccc3[C@H]3C=CC[C@H]32)cc1. The zero-order valence-electron chi connectivity index (χ0n) is 12.3. The molecule has 23 heavy (non-hydrogen) atoms. The molecule has 116 valence electrons. The number of allylic oxidation sites excluding steroid dienone is 2. The van der Waals surface area contributed by atoms with E-state index in [1.54, 1.807) is 12.1 Å². The summed E-state index contributed by atoms with van der Waals surface area (Å²) in [6.45, 7) is 0. The molecule has 2 aliphatic rings. The van der Waals surface area contributed by atoms with Gasteiger partial charge < -0.3 is 5.32 Å². The third-order valence-corrected chi connectivity index (χ3v) is 5.28. The Balaban J connectivity index is 1.73. The minimum atomic E-state index is -0.357. The lowest BCUT2D eigenvalue weighted by molar-refractivity contribution is -0.384. The van der Waals surface area contributed by atoms with Crippen LogP contribution in [0.1, 0.15) is 29.5 Å². The monoisotopic (exact) mass is 370 g/mol. The van der Waals surface area contributed by atoms with E-state index in [-0.39, 0.29) is 16.7 Å². The summed E-state index contributed by atoms with van der Waals surface area (Å²) in [6.07, 6.45) is 5.55. The predicted molar refractivity (Wildman–Crippen MR) is 93.6 cm³/mol. The second kappa shape index (κ2) is 5.49. The van der Waals surface area contributed by atoms with Crippen molar-refractivity contribution in [1.82, 2.24) is 0 Å². The van der Waals surface area contributed by atoms with Crippen LogP contribution in [0.4, 0.5) is 11.4 Å². The number of hydrogen-bond donors (Lipinski definition) is 1. The molecular formula is C18H15BrN2O2. The van der Waals surface area contributed by atoms with Gasteiger partial charge in [0, 0.05) is 28.2 Å². The van der Waals surface area contributed by atoms with E-state index in [0.717, 1.165) is 22.1 Å². The Kier molecular flexibility index (Phi) is 3.45. The van der Waals surface area contributed by atoms with Crippen LogP contribution in [0.3, 0.4) is 0 Å². The molecule has 1 aliphatic heterocycles. The van der Waals surface area contributed by atoms with E-state index >= 15 is 0 Å². The maximum atomic E-state index is 10.8. The van der Waals surface area contributed by atoms with Crippen LogP contribution in [0.25, 0.3) is 0 Å². The highest BCUT2D eigenvalue weighted by Crippen LogP contribution is 2.50. The minimum Gasteiger partial charge on any atom is -0.378 e. The number of anilines is 1. The van der Waals surface area contributed by atoms with Crippen LogP contribution < -0.4 is 5.32 Å². The second-order valence-electron chi connectivity index (χ2n) is 6.06. The van der Waals surface area contributed by atoms with Crippen molar-refractivity contribution in [3.05, 3.63) is 80.3 Å². The maximum absolute atomic E-state index is 10.8. The van der Waals surface area contributed by atoms with Crippen LogP contribution in [0.5, 0.6) is 0 Å². The molecule has 3 atom stereocenters. The van der Waals surface area contributed by atoms with Gasteiger partial charge in [0.2, 0.25) is 0 Å². The molecule has 0 spiro atoms. The lowest BCUT2D eigenvalue weighted by Gasteiger charge is -2.37. The Morgan fingerprint density at radius 2 is 1.96 bits per heavy atom. The molecule has 0 radical (unpaired) electrons. The second-order valence-corrected chi connectivity index (χ2v) is 6.97. The van der Waals surface area contributed by atoms with Crippen molar-refractivity contribution in [3.8, 4) is 0 Å². The third kappa shape index (κ3) is 2.45. The first-order chi connectivity index (χ1) is 11.1. The highest BCUT2D eigenvalue weighted by atomic mass is 79.9. The van der Waals surface area contributed by atoms with E-state index < -0.39 is 0 Å². The van der Waals surface area contributed by atoms with Gasteiger partial charge in [0.25, 0.3) is 5.69 Å². The molecule has 4 nitrogen and oxygen atoms in total. The molecule has 0 saturated heterocycles. The largest absolute Gasteiger partial charge is 0.378 e. The summed E-state index contributed by atoms with van der Waals surface area (Å²) >= 11 is 3.53. The molecule has 0 aromatic heterocycles. The fourth-order valence-electron chi connectivity index (χ4n) is 3.70. The first kappa shape index (κ1) is 14.5. The first-order valence-corrected chi connectivity index (χ1v) is 8.40. The quantitative estimate of drug-likeness (QED) is 0.449. The molecule has 0 saturated carbocycles. The molecule has 1 aliphatic carbocycles. The van der Waals surface area contributed by atoms with Crippen molar-refractivity contribution in [1.29, 1.82) is 0 Å². The molecule has 2 aromatic rings. The molecular weight excluding hydrogens is 356 g/mol. The van der Waals surface area contributed by atoms with E-state index in [1.165, 1.54) is 5.56 Å². The lowest BCUT2D eigenvalue weighted by atomic mass is 9.77. The highest BCUT2D eigenvalue weighted by molar-refractivity contribution is 9.10. The molecule has 2 aromatic carbocycles. The molecule has 1 heterocycles. The molecule has 4 rings (SSSR count). The van der Waals surface area contributed by atoms with E-state index in [4.69, 9.17) is 0 Å². The standard InChI is InChI=1S/C18H15BrN2O2/c19-12-6-9-15-14-2-1-3-16(14)18(20-17(15)10-12)11-4-7-13(8-5-11)21(22)23/h1-2,4-10,14,16,18,20H,3H2/t14-,16-,18+/m1/s1. The van der Waals surface area contributed by atoms with Crippen LogP contribution in [-0.2, 0) is 0 Å². The van der Waals surface area contributed by atoms with Gasteiger partial charge in [-0.3, -0.25) is 10.1 Å². The van der Waals surface area contributed by atoms with Gasteiger partial charge in [-0.05, 0) is 35.6 Å². The van der Waals surface area contributed by atoms with Crippen molar-refractivity contribution in [2.45, 2.75) is 18.4 Å². The molecule has 0 unspecified atom stereocenters. The van der Waals surface area contributed by atoms with Crippen molar-refractivity contribution >= 4 is 27.3 Å². The smallest absolute Gasteiger partial charge is 0.269 e. The van der Waals surface area contributed by atoms with Crippen molar-refractivity contribution < 1.29 is 4.92 Å². The van der Waals surface area contributed by atoms with E-state index in [2.05, 4.69) is 51.6 Å². The number of nitro benzene ring substituents is 1. The zero-order chi connectivity index (χ0) is 16.0. The molecule has 5 heteroatoms. The number of rotatable bonds is 2. The average Bonchev–Trinajstić information content (AvgIpc) is 3.03. The minimum absolute atomic E-state index is 0.133. The number of nitrogens with one attached hydrogen (secondary N) is 1. The Bertz CT molecular complexity index is 801. The summed E-state index contributed by atoms with van der Waals surface area (Å²) in [6, 6.07) is 13.4. The first-order valence-electron chi connectivity index (χ1n) is 7.60. The number of fused-ring (bicyclic) bond motifs is 3. The van der Waals surface area contributed by atoms with E-state index in [1.807, 2.05) is 12.1 Å². The number of nitro groups is 1. The predicted octanol–water partition coefficient (Wildman–Crippen LogP) is 5.18. The number of benzene rings is 2. The van der Waals surface area contributed by atoms with Gasteiger partial charge in [0.1, 0.15) is 0 Å². The normalized spacial score (nSPS) is 24.7. The third-order valence-electron chi connectivity index (χ3n) is 4.79. The zero-order valence-corrected chi connectivity index (χ0v) is 13.9. The van der Waals surface area contributed by atoms with Crippen LogP contribution in [-0.4, -0.2) is 4.92 Å². The van der Waals surface area contributed by atoms with Crippen molar-refractivity contribution in [3.63, 3.8) is 0 Å². The van der Waals surface area contributed by atoms with Crippen molar-refractivity contribution in [2.24, 2.45) is 5.92 Å².